The van der Waals surface area contributed by atoms with Crippen molar-refractivity contribution >= 4 is 21.5 Å². The minimum atomic E-state index is -0.0384. The van der Waals surface area contributed by atoms with Crippen LogP contribution in [0.25, 0.3) is 77.3 Å². The third-order valence-electron chi connectivity index (χ3n) is 10.1. The number of pyridine rings is 1. The van der Waals surface area contributed by atoms with E-state index in [1.807, 2.05) is 0 Å². The van der Waals surface area contributed by atoms with E-state index in [2.05, 4.69) is 178 Å². The van der Waals surface area contributed by atoms with Crippen molar-refractivity contribution in [3.05, 3.63) is 175 Å². The molecule has 0 unspecified atom stereocenters. The first-order valence-corrected chi connectivity index (χ1v) is 16.4. The predicted molar refractivity (Wildman–Crippen MR) is 199 cm³/mol. The lowest BCUT2D eigenvalue weighted by Gasteiger charge is -2.21. The van der Waals surface area contributed by atoms with Gasteiger partial charge in [0.2, 0.25) is 0 Å². The summed E-state index contributed by atoms with van der Waals surface area (Å²) >= 11 is 0. The smallest absolute Gasteiger partial charge is 0.0708 e. The van der Waals surface area contributed by atoms with Gasteiger partial charge in [0, 0.05) is 22.7 Å². The van der Waals surface area contributed by atoms with Gasteiger partial charge >= 0.3 is 0 Å². The highest BCUT2D eigenvalue weighted by Gasteiger charge is 2.36. The van der Waals surface area contributed by atoms with E-state index in [0.29, 0.717) is 0 Å². The Hall–Kier alpha value is -5.79. The second-order valence-corrected chi connectivity index (χ2v) is 13.1. The summed E-state index contributed by atoms with van der Waals surface area (Å²) in [7, 11) is 0. The maximum atomic E-state index is 5.16. The molecule has 7 aromatic carbocycles. The molecule has 1 nitrogen and oxygen atoms in total. The predicted octanol–water partition coefficient (Wildman–Crippen LogP) is 12.4. The molecule has 1 heterocycles. The molecule has 0 spiro atoms. The van der Waals surface area contributed by atoms with E-state index in [-0.39, 0.29) is 5.41 Å². The molecule has 0 aliphatic heterocycles. The molecule has 1 aliphatic carbocycles. The van der Waals surface area contributed by atoms with Gasteiger partial charge in [-0.15, -0.1) is 0 Å². The van der Waals surface area contributed by atoms with Crippen LogP contribution < -0.4 is 0 Å². The molecule has 0 N–H and O–H groups in total. The Balaban J connectivity index is 1.19. The van der Waals surface area contributed by atoms with Gasteiger partial charge in [-0.3, -0.25) is 4.98 Å². The lowest BCUT2D eigenvalue weighted by atomic mass is 9.82. The van der Waals surface area contributed by atoms with Crippen LogP contribution >= 0.6 is 0 Å². The standard InChI is InChI=1S/C46H33N/c1-46(2)40-21-11-10-19-38(40)45-39(20-12-22-41(45)46)42-28-27-33(29-47-42)44-36-17-8-6-15-34(36)43(35-16-7-9-18-37(35)44)32-25-23-31(24-26-32)30-13-4-3-5-14-30/h3-29H,1-2H3. The van der Waals surface area contributed by atoms with Gasteiger partial charge in [-0.25, -0.2) is 0 Å². The van der Waals surface area contributed by atoms with Crippen molar-refractivity contribution in [2.24, 2.45) is 0 Å². The van der Waals surface area contributed by atoms with Crippen LogP contribution in [0.5, 0.6) is 0 Å². The van der Waals surface area contributed by atoms with Gasteiger partial charge in [-0.2, -0.15) is 0 Å². The van der Waals surface area contributed by atoms with E-state index in [1.54, 1.807) is 0 Å². The SMILES string of the molecule is CC1(C)c2ccccc2-c2c(-c3ccc(-c4c5ccccc5c(-c5ccc(-c6ccccc6)cc5)c5ccccc45)cn3)cccc21. The monoisotopic (exact) mass is 599 g/mol. The molecule has 47 heavy (non-hydrogen) atoms. The van der Waals surface area contributed by atoms with Crippen molar-refractivity contribution in [1.82, 2.24) is 4.98 Å². The number of hydrogen-bond donors (Lipinski definition) is 0. The van der Waals surface area contributed by atoms with E-state index in [1.165, 1.54) is 77.2 Å². The highest BCUT2D eigenvalue weighted by molar-refractivity contribution is 6.21. The number of hydrogen-bond acceptors (Lipinski definition) is 1. The fourth-order valence-electron chi connectivity index (χ4n) is 7.88. The average molecular weight is 600 g/mol. The normalized spacial score (nSPS) is 13.1. The van der Waals surface area contributed by atoms with Gasteiger partial charge in [0.1, 0.15) is 0 Å². The van der Waals surface area contributed by atoms with Crippen molar-refractivity contribution in [2.45, 2.75) is 19.3 Å². The van der Waals surface area contributed by atoms with E-state index < -0.39 is 0 Å². The second kappa shape index (κ2) is 10.6. The Labute approximate surface area is 275 Å². The summed E-state index contributed by atoms with van der Waals surface area (Å²) in [6.45, 7) is 4.66. The molecule has 0 bridgehead atoms. The second-order valence-electron chi connectivity index (χ2n) is 13.1. The average Bonchev–Trinajstić information content (AvgIpc) is 3.37. The van der Waals surface area contributed by atoms with Crippen LogP contribution in [0.1, 0.15) is 25.0 Å². The fourth-order valence-corrected chi connectivity index (χ4v) is 7.88. The Morgan fingerprint density at radius 1 is 0.362 bits per heavy atom. The van der Waals surface area contributed by atoms with Crippen molar-refractivity contribution in [1.29, 1.82) is 0 Å². The minimum absolute atomic E-state index is 0.0384. The summed E-state index contributed by atoms with van der Waals surface area (Å²) in [4.78, 5) is 5.16. The molecule has 0 amide bonds. The third kappa shape index (κ3) is 4.27. The van der Waals surface area contributed by atoms with Crippen molar-refractivity contribution in [3.63, 3.8) is 0 Å². The maximum Gasteiger partial charge on any atom is 0.0708 e. The highest BCUT2D eigenvalue weighted by Crippen LogP contribution is 2.52. The molecule has 8 aromatic rings. The Bertz CT molecular complexity index is 2390. The third-order valence-corrected chi connectivity index (χ3v) is 10.1. The number of aromatic nitrogens is 1. The molecular formula is C46H33N. The Morgan fingerprint density at radius 2 is 0.851 bits per heavy atom. The van der Waals surface area contributed by atoms with Crippen LogP contribution in [0, 0.1) is 0 Å². The topological polar surface area (TPSA) is 12.9 Å². The van der Waals surface area contributed by atoms with Crippen LogP contribution in [-0.2, 0) is 5.41 Å². The highest BCUT2D eigenvalue weighted by atomic mass is 14.7. The van der Waals surface area contributed by atoms with Crippen LogP contribution in [-0.4, -0.2) is 4.98 Å². The lowest BCUT2D eigenvalue weighted by Crippen LogP contribution is -2.14. The number of benzene rings is 7. The molecule has 0 atom stereocenters. The molecule has 9 rings (SSSR count). The summed E-state index contributed by atoms with van der Waals surface area (Å²) in [6, 6.07) is 57.2. The summed E-state index contributed by atoms with van der Waals surface area (Å²) < 4.78 is 0. The molecule has 0 radical (unpaired) electrons. The first kappa shape index (κ1) is 27.5. The molecule has 0 saturated heterocycles. The Morgan fingerprint density at radius 3 is 1.49 bits per heavy atom. The molecular weight excluding hydrogens is 567 g/mol. The van der Waals surface area contributed by atoms with Gasteiger partial charge in [0.05, 0.1) is 5.69 Å². The Kier molecular flexibility index (Phi) is 6.23. The summed E-state index contributed by atoms with van der Waals surface area (Å²) in [5.41, 5.74) is 14.8. The van der Waals surface area contributed by atoms with Crippen LogP contribution in [0.4, 0.5) is 0 Å². The van der Waals surface area contributed by atoms with E-state index in [0.717, 1.165) is 11.3 Å². The zero-order valence-corrected chi connectivity index (χ0v) is 26.5. The largest absolute Gasteiger partial charge is 0.256 e. The number of fused-ring (bicyclic) bond motifs is 5. The van der Waals surface area contributed by atoms with E-state index >= 15 is 0 Å². The minimum Gasteiger partial charge on any atom is -0.256 e. The molecule has 1 aromatic heterocycles. The van der Waals surface area contributed by atoms with E-state index in [9.17, 15) is 0 Å². The van der Waals surface area contributed by atoms with Gasteiger partial charge in [0.25, 0.3) is 0 Å². The zero-order valence-electron chi connectivity index (χ0n) is 26.5. The summed E-state index contributed by atoms with van der Waals surface area (Å²) in [6.07, 6.45) is 2.07. The fraction of sp³-hybridized carbons (Fsp3) is 0.0652. The quantitative estimate of drug-likeness (QED) is 0.183. The van der Waals surface area contributed by atoms with Gasteiger partial charge in [0.15, 0.2) is 0 Å². The molecule has 0 fully saturated rings. The zero-order chi connectivity index (χ0) is 31.5. The number of nitrogens with zero attached hydrogens (tertiary/aromatic N) is 1. The van der Waals surface area contributed by atoms with Crippen LogP contribution in [0.15, 0.2) is 164 Å². The van der Waals surface area contributed by atoms with E-state index in [4.69, 9.17) is 4.98 Å². The van der Waals surface area contributed by atoms with Crippen molar-refractivity contribution in [2.75, 3.05) is 0 Å². The first-order valence-electron chi connectivity index (χ1n) is 16.4. The maximum absolute atomic E-state index is 5.16. The molecule has 0 saturated carbocycles. The first-order chi connectivity index (χ1) is 23.1. The van der Waals surface area contributed by atoms with Crippen LogP contribution in [0.3, 0.4) is 0 Å². The summed E-state index contributed by atoms with van der Waals surface area (Å²) in [5, 5.41) is 4.97. The van der Waals surface area contributed by atoms with Crippen LogP contribution in [0.2, 0.25) is 0 Å². The van der Waals surface area contributed by atoms with Gasteiger partial charge in [-0.05, 0) is 77.7 Å². The molecule has 1 aliphatic rings. The van der Waals surface area contributed by atoms with Crippen molar-refractivity contribution in [3.8, 4) is 55.8 Å². The van der Waals surface area contributed by atoms with Gasteiger partial charge < -0.3 is 0 Å². The summed E-state index contributed by atoms with van der Waals surface area (Å²) in [5.74, 6) is 0. The number of rotatable bonds is 4. The van der Waals surface area contributed by atoms with Gasteiger partial charge in [-0.1, -0.05) is 166 Å². The lowest BCUT2D eigenvalue weighted by molar-refractivity contribution is 0.660. The van der Waals surface area contributed by atoms with Crippen molar-refractivity contribution < 1.29 is 0 Å². The molecule has 222 valence electrons. The molecule has 1 heteroatoms.